The summed E-state index contributed by atoms with van der Waals surface area (Å²) in [6.07, 6.45) is 20.3. The van der Waals surface area contributed by atoms with E-state index in [4.69, 9.17) is 9.73 Å². The SMILES string of the molecule is C=C(C#N)C1=CC=C(C(/C=C/CCC2CC2)=C(/N=CC)c2ccc(OC)cc2)CC=C1. The molecule has 0 aromatic heterocycles. The number of rotatable bonds is 9. The Morgan fingerprint density at radius 2 is 2.03 bits per heavy atom. The molecule has 2 aliphatic carbocycles. The minimum atomic E-state index is 0.473. The van der Waals surface area contributed by atoms with E-state index in [9.17, 15) is 5.26 Å². The number of nitrogens with zero attached hydrogens (tertiary/aromatic N) is 2. The zero-order valence-electron chi connectivity index (χ0n) is 18.5. The van der Waals surface area contributed by atoms with Crippen molar-refractivity contribution in [1.29, 1.82) is 5.26 Å². The van der Waals surface area contributed by atoms with E-state index in [0.717, 1.165) is 52.5 Å². The summed E-state index contributed by atoms with van der Waals surface area (Å²) in [5.41, 5.74) is 5.56. The largest absolute Gasteiger partial charge is 0.497 e. The third kappa shape index (κ3) is 6.30. The van der Waals surface area contributed by atoms with Crippen molar-refractivity contribution in [2.24, 2.45) is 10.9 Å². The van der Waals surface area contributed by atoms with Gasteiger partial charge in [-0.3, -0.25) is 4.99 Å². The number of aliphatic imine (C=N–C) groups is 1. The first-order chi connectivity index (χ1) is 15.2. The van der Waals surface area contributed by atoms with Crippen molar-refractivity contribution in [3.05, 3.63) is 95.2 Å². The summed E-state index contributed by atoms with van der Waals surface area (Å²) < 4.78 is 5.32. The van der Waals surface area contributed by atoms with Crippen LogP contribution >= 0.6 is 0 Å². The molecule has 0 aliphatic heterocycles. The van der Waals surface area contributed by atoms with E-state index in [1.807, 2.05) is 49.6 Å². The molecule has 0 spiro atoms. The normalized spacial score (nSPS) is 17.1. The lowest BCUT2D eigenvalue weighted by Gasteiger charge is -2.13. The number of hydrogen-bond donors (Lipinski definition) is 0. The number of ether oxygens (including phenoxy) is 1. The van der Waals surface area contributed by atoms with Crippen LogP contribution in [0.1, 0.15) is 44.6 Å². The molecule has 3 heteroatoms. The van der Waals surface area contributed by atoms with Crippen LogP contribution in [-0.2, 0) is 0 Å². The zero-order chi connectivity index (χ0) is 22.1. The number of allylic oxidation sites excluding steroid dienone is 10. The van der Waals surface area contributed by atoms with E-state index in [1.165, 1.54) is 19.3 Å². The molecule has 1 aromatic rings. The van der Waals surface area contributed by atoms with E-state index in [2.05, 4.69) is 37.0 Å². The van der Waals surface area contributed by atoms with Crippen LogP contribution in [0.5, 0.6) is 5.75 Å². The van der Waals surface area contributed by atoms with Gasteiger partial charge in [-0.1, -0.05) is 55.9 Å². The van der Waals surface area contributed by atoms with Gasteiger partial charge in [-0.15, -0.1) is 0 Å². The van der Waals surface area contributed by atoms with Gasteiger partial charge in [-0.05, 0) is 67.5 Å². The number of hydrogen-bond acceptors (Lipinski definition) is 3. The molecule has 0 unspecified atom stereocenters. The van der Waals surface area contributed by atoms with Crippen LogP contribution in [0.25, 0.3) is 5.70 Å². The third-order valence-corrected chi connectivity index (χ3v) is 5.53. The van der Waals surface area contributed by atoms with E-state index < -0.39 is 0 Å². The second kappa shape index (κ2) is 11.1. The van der Waals surface area contributed by atoms with Gasteiger partial charge in [0.1, 0.15) is 5.75 Å². The Morgan fingerprint density at radius 3 is 2.68 bits per heavy atom. The van der Waals surface area contributed by atoms with Gasteiger partial charge in [0.15, 0.2) is 0 Å². The monoisotopic (exact) mass is 410 g/mol. The minimum absolute atomic E-state index is 0.473. The summed E-state index contributed by atoms with van der Waals surface area (Å²) in [4.78, 5) is 4.76. The highest BCUT2D eigenvalue weighted by molar-refractivity contribution is 5.80. The van der Waals surface area contributed by atoms with Gasteiger partial charge in [0.2, 0.25) is 0 Å². The zero-order valence-corrected chi connectivity index (χ0v) is 18.5. The van der Waals surface area contributed by atoms with Crippen molar-refractivity contribution in [2.45, 2.75) is 39.0 Å². The standard InChI is InChI=1S/C28H30N2O/c1-4-30-28(25-16-18-26(31-3)19-17-25)27(11-6-5-8-22-12-13-22)24-10-7-9-23(14-15-24)21(2)20-29/h4,6-7,9,11,14-19,22H,2,5,8,10,12-13H2,1,3H3/b11-6+,28-27+,30-4?. The fraction of sp³-hybridized carbons (Fsp3) is 0.286. The molecule has 0 radical (unpaired) electrons. The lowest BCUT2D eigenvalue weighted by atomic mass is 9.96. The first-order valence-corrected chi connectivity index (χ1v) is 10.9. The molecule has 1 aromatic carbocycles. The van der Waals surface area contributed by atoms with Gasteiger partial charge in [-0.25, -0.2) is 0 Å². The second-order valence-electron chi connectivity index (χ2n) is 7.81. The third-order valence-electron chi connectivity index (χ3n) is 5.53. The highest BCUT2D eigenvalue weighted by atomic mass is 16.5. The lowest BCUT2D eigenvalue weighted by Crippen LogP contribution is -1.94. The van der Waals surface area contributed by atoms with E-state index in [-0.39, 0.29) is 0 Å². The fourth-order valence-corrected chi connectivity index (χ4v) is 3.55. The molecule has 158 valence electrons. The van der Waals surface area contributed by atoms with Gasteiger partial charge in [0, 0.05) is 17.4 Å². The molecule has 0 saturated heterocycles. The molecular formula is C28H30N2O. The minimum Gasteiger partial charge on any atom is -0.497 e. The summed E-state index contributed by atoms with van der Waals surface area (Å²) in [5.74, 6) is 1.73. The topological polar surface area (TPSA) is 45.4 Å². The number of benzene rings is 1. The summed E-state index contributed by atoms with van der Waals surface area (Å²) in [6.45, 7) is 5.79. The molecule has 31 heavy (non-hydrogen) atoms. The van der Waals surface area contributed by atoms with Crippen LogP contribution in [0, 0.1) is 17.2 Å². The number of nitriles is 1. The summed E-state index contributed by atoms with van der Waals surface area (Å²) in [5, 5.41) is 9.20. The van der Waals surface area contributed by atoms with E-state index >= 15 is 0 Å². The maximum atomic E-state index is 9.20. The predicted molar refractivity (Wildman–Crippen MR) is 130 cm³/mol. The fourth-order valence-electron chi connectivity index (χ4n) is 3.55. The van der Waals surface area contributed by atoms with Gasteiger partial charge in [0.25, 0.3) is 0 Å². The van der Waals surface area contributed by atoms with Crippen molar-refractivity contribution in [2.75, 3.05) is 7.11 Å². The molecule has 3 nitrogen and oxygen atoms in total. The average Bonchev–Trinajstić information content (AvgIpc) is 3.65. The Balaban J connectivity index is 2.04. The Morgan fingerprint density at radius 1 is 1.26 bits per heavy atom. The van der Waals surface area contributed by atoms with Crippen molar-refractivity contribution >= 4 is 11.9 Å². The van der Waals surface area contributed by atoms with Crippen molar-refractivity contribution < 1.29 is 4.74 Å². The second-order valence-corrected chi connectivity index (χ2v) is 7.81. The summed E-state index contributed by atoms with van der Waals surface area (Å²) in [7, 11) is 1.67. The Kier molecular flexibility index (Phi) is 8.01. The molecule has 0 atom stereocenters. The highest BCUT2D eigenvalue weighted by Crippen LogP contribution is 2.34. The Labute approximate surface area is 186 Å². The molecule has 0 amide bonds. The number of methoxy groups -OCH3 is 1. The lowest BCUT2D eigenvalue weighted by molar-refractivity contribution is 0.415. The summed E-state index contributed by atoms with van der Waals surface area (Å²) in [6, 6.07) is 10.2. The molecule has 2 aliphatic rings. The molecule has 3 rings (SSSR count). The van der Waals surface area contributed by atoms with Crippen LogP contribution in [0.15, 0.2) is 94.6 Å². The molecule has 0 bridgehead atoms. The van der Waals surface area contributed by atoms with Gasteiger partial charge < -0.3 is 4.74 Å². The maximum Gasteiger partial charge on any atom is 0.118 e. The van der Waals surface area contributed by atoms with Crippen LogP contribution in [0.3, 0.4) is 0 Å². The van der Waals surface area contributed by atoms with Crippen molar-refractivity contribution in [3.63, 3.8) is 0 Å². The first kappa shape index (κ1) is 22.3. The van der Waals surface area contributed by atoms with Gasteiger partial charge in [-0.2, -0.15) is 5.26 Å². The van der Waals surface area contributed by atoms with E-state index in [1.54, 1.807) is 7.11 Å². The quantitative estimate of drug-likeness (QED) is 0.247. The summed E-state index contributed by atoms with van der Waals surface area (Å²) >= 11 is 0. The molecule has 0 heterocycles. The maximum absolute atomic E-state index is 9.20. The van der Waals surface area contributed by atoms with Crippen LogP contribution < -0.4 is 4.74 Å². The van der Waals surface area contributed by atoms with Gasteiger partial charge >= 0.3 is 0 Å². The highest BCUT2D eigenvalue weighted by Gasteiger charge is 2.19. The first-order valence-electron chi connectivity index (χ1n) is 10.9. The molecule has 0 N–H and O–H groups in total. The predicted octanol–water partition coefficient (Wildman–Crippen LogP) is 7.14. The van der Waals surface area contributed by atoms with Crippen molar-refractivity contribution in [1.82, 2.24) is 0 Å². The molecular weight excluding hydrogens is 380 g/mol. The average molecular weight is 411 g/mol. The molecule has 1 fully saturated rings. The van der Waals surface area contributed by atoms with Gasteiger partial charge in [0.05, 0.1) is 24.4 Å². The van der Waals surface area contributed by atoms with Crippen LogP contribution in [0.4, 0.5) is 0 Å². The van der Waals surface area contributed by atoms with Crippen molar-refractivity contribution in [3.8, 4) is 11.8 Å². The Bertz CT molecular complexity index is 1020. The Hall–Kier alpha value is -3.38. The molecule has 1 saturated carbocycles. The smallest absolute Gasteiger partial charge is 0.118 e. The van der Waals surface area contributed by atoms with Crippen LogP contribution in [-0.4, -0.2) is 13.3 Å². The van der Waals surface area contributed by atoms with Crippen LogP contribution in [0.2, 0.25) is 0 Å². The van der Waals surface area contributed by atoms with E-state index in [0.29, 0.717) is 5.57 Å².